The second-order valence-electron chi connectivity index (χ2n) is 4.84. The highest BCUT2D eigenvalue weighted by molar-refractivity contribution is 7.99. The normalized spacial score (nSPS) is 14.5. The summed E-state index contributed by atoms with van der Waals surface area (Å²) in [5, 5.41) is 5.02. The predicted molar refractivity (Wildman–Crippen MR) is 85.0 cm³/mol. The van der Waals surface area contributed by atoms with Gasteiger partial charge in [-0.1, -0.05) is 37.6 Å². The molecule has 0 aliphatic heterocycles. The SMILES string of the molecule is CCC(C)SCC(Cc1ccc(C)cc1Cl)NC. The quantitative estimate of drug-likeness (QED) is 0.801. The van der Waals surface area contributed by atoms with E-state index in [0.717, 1.165) is 22.4 Å². The molecule has 1 N–H and O–H groups in total. The molecule has 0 heterocycles. The number of aryl methyl sites for hydroxylation is 1. The third kappa shape index (κ3) is 5.21. The van der Waals surface area contributed by atoms with Gasteiger partial charge in [0.15, 0.2) is 0 Å². The zero-order chi connectivity index (χ0) is 13.5. The molecule has 0 aliphatic rings. The molecule has 0 saturated carbocycles. The Morgan fingerprint density at radius 2 is 2.11 bits per heavy atom. The van der Waals surface area contributed by atoms with E-state index in [9.17, 15) is 0 Å². The number of nitrogens with one attached hydrogen (secondary N) is 1. The molecule has 1 aromatic rings. The molecule has 1 aromatic carbocycles. The Morgan fingerprint density at radius 1 is 1.39 bits per heavy atom. The van der Waals surface area contributed by atoms with Gasteiger partial charge in [0.05, 0.1) is 0 Å². The van der Waals surface area contributed by atoms with Gasteiger partial charge < -0.3 is 5.32 Å². The van der Waals surface area contributed by atoms with Crippen LogP contribution < -0.4 is 5.32 Å². The smallest absolute Gasteiger partial charge is 0.0441 e. The molecule has 1 nitrogen and oxygen atoms in total. The molecule has 0 fully saturated rings. The Hall–Kier alpha value is -0.180. The van der Waals surface area contributed by atoms with E-state index in [0.29, 0.717) is 6.04 Å². The maximum atomic E-state index is 6.29. The number of benzene rings is 1. The van der Waals surface area contributed by atoms with Crippen LogP contribution in [-0.2, 0) is 6.42 Å². The van der Waals surface area contributed by atoms with Gasteiger partial charge in [-0.3, -0.25) is 0 Å². The molecule has 18 heavy (non-hydrogen) atoms. The monoisotopic (exact) mass is 285 g/mol. The first-order valence-electron chi connectivity index (χ1n) is 6.60. The number of likely N-dealkylation sites (N-methyl/N-ethyl adjacent to an activating group) is 1. The molecule has 2 unspecified atom stereocenters. The maximum Gasteiger partial charge on any atom is 0.0441 e. The number of hydrogen-bond donors (Lipinski definition) is 1. The van der Waals surface area contributed by atoms with Crippen LogP contribution in [0.25, 0.3) is 0 Å². The first-order valence-corrected chi connectivity index (χ1v) is 8.03. The van der Waals surface area contributed by atoms with E-state index in [1.165, 1.54) is 17.5 Å². The highest BCUT2D eigenvalue weighted by Crippen LogP contribution is 2.21. The van der Waals surface area contributed by atoms with E-state index in [1.54, 1.807) is 0 Å². The van der Waals surface area contributed by atoms with Gasteiger partial charge in [0.2, 0.25) is 0 Å². The largest absolute Gasteiger partial charge is 0.316 e. The van der Waals surface area contributed by atoms with Crippen molar-refractivity contribution >= 4 is 23.4 Å². The molecule has 0 aromatic heterocycles. The van der Waals surface area contributed by atoms with Gasteiger partial charge in [-0.15, -0.1) is 0 Å². The van der Waals surface area contributed by atoms with Crippen molar-refractivity contribution in [3.8, 4) is 0 Å². The summed E-state index contributed by atoms with van der Waals surface area (Å²) in [4.78, 5) is 0. The van der Waals surface area contributed by atoms with Crippen LogP contribution in [0.3, 0.4) is 0 Å². The molecular weight excluding hydrogens is 262 g/mol. The Labute approximate surface area is 121 Å². The minimum absolute atomic E-state index is 0.490. The molecule has 0 radical (unpaired) electrons. The van der Waals surface area contributed by atoms with Crippen LogP contribution in [-0.4, -0.2) is 24.1 Å². The fourth-order valence-electron chi connectivity index (χ4n) is 1.73. The van der Waals surface area contributed by atoms with E-state index in [4.69, 9.17) is 11.6 Å². The zero-order valence-corrected chi connectivity index (χ0v) is 13.4. The van der Waals surface area contributed by atoms with E-state index in [-0.39, 0.29) is 0 Å². The highest BCUT2D eigenvalue weighted by atomic mass is 35.5. The summed E-state index contributed by atoms with van der Waals surface area (Å²) in [5.41, 5.74) is 2.46. The molecule has 3 heteroatoms. The van der Waals surface area contributed by atoms with Crippen molar-refractivity contribution in [1.82, 2.24) is 5.32 Å². The van der Waals surface area contributed by atoms with Gasteiger partial charge in [0, 0.05) is 22.1 Å². The molecular formula is C15H24ClNS. The summed E-state index contributed by atoms with van der Waals surface area (Å²) >= 11 is 8.32. The lowest BCUT2D eigenvalue weighted by Gasteiger charge is -2.19. The summed E-state index contributed by atoms with van der Waals surface area (Å²) < 4.78 is 0. The number of halogens is 1. The second-order valence-corrected chi connectivity index (χ2v) is 6.72. The number of rotatable bonds is 7. The third-order valence-electron chi connectivity index (χ3n) is 3.24. The summed E-state index contributed by atoms with van der Waals surface area (Å²) in [6, 6.07) is 6.82. The van der Waals surface area contributed by atoms with Crippen LogP contribution in [0.5, 0.6) is 0 Å². The second kappa shape index (κ2) is 8.08. The summed E-state index contributed by atoms with van der Waals surface area (Å²) in [6.45, 7) is 6.60. The Balaban J connectivity index is 2.56. The topological polar surface area (TPSA) is 12.0 Å². The molecule has 0 saturated heterocycles. The first-order chi connectivity index (χ1) is 8.56. The minimum Gasteiger partial charge on any atom is -0.316 e. The van der Waals surface area contributed by atoms with Crippen LogP contribution in [0, 0.1) is 6.92 Å². The third-order valence-corrected chi connectivity index (χ3v) is 5.09. The zero-order valence-electron chi connectivity index (χ0n) is 11.8. The summed E-state index contributed by atoms with van der Waals surface area (Å²) in [5.74, 6) is 1.13. The van der Waals surface area contributed by atoms with Gasteiger partial charge in [-0.2, -0.15) is 11.8 Å². The predicted octanol–water partition coefficient (Wildman–Crippen LogP) is 4.31. The van der Waals surface area contributed by atoms with Crippen molar-refractivity contribution in [3.63, 3.8) is 0 Å². The molecule has 2 atom stereocenters. The highest BCUT2D eigenvalue weighted by Gasteiger charge is 2.11. The van der Waals surface area contributed by atoms with Gasteiger partial charge in [0.25, 0.3) is 0 Å². The fraction of sp³-hybridized carbons (Fsp3) is 0.600. The molecule has 1 rings (SSSR count). The van der Waals surface area contributed by atoms with Crippen LogP contribution in [0.15, 0.2) is 18.2 Å². The van der Waals surface area contributed by atoms with Crippen molar-refractivity contribution in [3.05, 3.63) is 34.3 Å². The summed E-state index contributed by atoms with van der Waals surface area (Å²) in [7, 11) is 2.03. The molecule has 0 spiro atoms. The van der Waals surface area contributed by atoms with E-state index in [2.05, 4.69) is 38.2 Å². The average Bonchev–Trinajstić information content (AvgIpc) is 2.36. The summed E-state index contributed by atoms with van der Waals surface area (Å²) in [6.07, 6.45) is 2.23. The first kappa shape index (κ1) is 15.9. The number of hydrogen-bond acceptors (Lipinski definition) is 2. The molecule has 0 aliphatic carbocycles. The lowest BCUT2D eigenvalue weighted by atomic mass is 10.1. The van der Waals surface area contributed by atoms with E-state index < -0.39 is 0 Å². The minimum atomic E-state index is 0.490. The van der Waals surface area contributed by atoms with Gasteiger partial charge in [0.1, 0.15) is 0 Å². The van der Waals surface area contributed by atoms with Crippen LogP contribution >= 0.6 is 23.4 Å². The van der Waals surface area contributed by atoms with Gasteiger partial charge >= 0.3 is 0 Å². The van der Waals surface area contributed by atoms with Crippen LogP contribution in [0.1, 0.15) is 31.4 Å². The molecule has 0 bridgehead atoms. The van der Waals surface area contributed by atoms with Gasteiger partial charge in [-0.05, 0) is 44.0 Å². The maximum absolute atomic E-state index is 6.29. The Kier molecular flexibility index (Phi) is 7.13. The van der Waals surface area contributed by atoms with Crippen molar-refractivity contribution in [2.45, 2.75) is 44.9 Å². The van der Waals surface area contributed by atoms with Crippen LogP contribution in [0.2, 0.25) is 5.02 Å². The lowest BCUT2D eigenvalue weighted by molar-refractivity contribution is 0.616. The standard InChI is InChI=1S/C15H24ClNS/c1-5-12(3)18-10-14(17-4)9-13-7-6-11(2)8-15(13)16/h6-8,12,14,17H,5,9-10H2,1-4H3. The lowest BCUT2D eigenvalue weighted by Crippen LogP contribution is -2.30. The Bertz CT molecular complexity index is 368. The molecule has 102 valence electrons. The van der Waals surface area contributed by atoms with Crippen molar-refractivity contribution in [2.75, 3.05) is 12.8 Å². The van der Waals surface area contributed by atoms with Crippen LogP contribution in [0.4, 0.5) is 0 Å². The fourth-order valence-corrected chi connectivity index (χ4v) is 3.12. The Morgan fingerprint density at radius 3 is 2.67 bits per heavy atom. The van der Waals surface area contributed by atoms with Crippen molar-refractivity contribution in [2.24, 2.45) is 0 Å². The van der Waals surface area contributed by atoms with E-state index in [1.807, 2.05) is 24.9 Å². The average molecular weight is 286 g/mol. The van der Waals surface area contributed by atoms with Crippen molar-refractivity contribution < 1.29 is 0 Å². The van der Waals surface area contributed by atoms with E-state index >= 15 is 0 Å². The van der Waals surface area contributed by atoms with Gasteiger partial charge in [-0.25, -0.2) is 0 Å². The molecule has 0 amide bonds. The van der Waals surface area contributed by atoms with Crippen molar-refractivity contribution in [1.29, 1.82) is 0 Å². The number of thioether (sulfide) groups is 1.